The number of ether oxygens (including phenoxy) is 1. The molecule has 7 heteroatoms. The van der Waals surface area contributed by atoms with Gasteiger partial charge in [0.05, 0.1) is 0 Å². The monoisotopic (exact) mass is 630 g/mol. The number of nitrogens with zero attached hydrogens (tertiary/aromatic N) is 4. The summed E-state index contributed by atoms with van der Waals surface area (Å²) >= 11 is 0. The average Bonchev–Trinajstić information content (AvgIpc) is 3.60. The Morgan fingerprint density at radius 2 is 1.20 bits per heavy atom. The lowest BCUT2D eigenvalue weighted by Crippen LogP contribution is -2.61. The molecule has 0 saturated heterocycles. The van der Waals surface area contributed by atoms with E-state index < -0.39 is 0 Å². The standard InChI is InChI=1S/C42H27BN4O2/c1-3-12-29(13-4-1)46-35-23-21-28(42-45-34-16-7-8-19-39(34)49-42)26-32(35)43-33-27-31(48-40-20-9-10-25-44-40)22-24-36(33)47(30-14-5-2-6-15-30)38-18-11-17-37(46)41(38)43/h1-27H. The molecule has 49 heavy (non-hydrogen) atoms. The van der Waals surface area contributed by atoms with Gasteiger partial charge in [0.15, 0.2) is 5.58 Å². The van der Waals surface area contributed by atoms with Gasteiger partial charge in [0.1, 0.15) is 11.3 Å². The van der Waals surface area contributed by atoms with E-state index in [0.29, 0.717) is 11.8 Å². The second kappa shape index (κ2) is 11.0. The first kappa shape index (κ1) is 27.5. The molecule has 0 radical (unpaired) electrons. The molecule has 6 nitrogen and oxygen atoms in total. The fourth-order valence-electron chi connectivity index (χ4n) is 7.35. The number of benzene rings is 6. The highest BCUT2D eigenvalue weighted by Gasteiger charge is 2.43. The van der Waals surface area contributed by atoms with Gasteiger partial charge in [0.25, 0.3) is 6.71 Å². The first-order valence-electron chi connectivity index (χ1n) is 16.4. The van der Waals surface area contributed by atoms with Crippen LogP contribution in [0.4, 0.5) is 34.1 Å². The third-order valence-corrected chi connectivity index (χ3v) is 9.39. The smallest absolute Gasteiger partial charge is 0.252 e. The Labute approximate surface area is 283 Å². The largest absolute Gasteiger partial charge is 0.439 e. The van der Waals surface area contributed by atoms with Crippen LogP contribution in [-0.4, -0.2) is 16.7 Å². The Kier molecular flexibility index (Phi) is 6.17. The molecule has 230 valence electrons. The number of hydrogen-bond donors (Lipinski definition) is 0. The maximum absolute atomic E-state index is 6.35. The van der Waals surface area contributed by atoms with Gasteiger partial charge in [-0.25, -0.2) is 9.97 Å². The van der Waals surface area contributed by atoms with Crippen LogP contribution in [0.5, 0.6) is 11.6 Å². The van der Waals surface area contributed by atoms with Gasteiger partial charge in [0.2, 0.25) is 11.8 Å². The number of anilines is 6. The Balaban J connectivity index is 1.25. The van der Waals surface area contributed by atoms with Crippen molar-refractivity contribution in [3.05, 3.63) is 164 Å². The van der Waals surface area contributed by atoms with Gasteiger partial charge in [-0.05, 0) is 101 Å². The Hall–Kier alpha value is -6.60. The predicted molar refractivity (Wildman–Crippen MR) is 198 cm³/mol. The van der Waals surface area contributed by atoms with Crippen molar-refractivity contribution in [2.45, 2.75) is 0 Å². The van der Waals surface area contributed by atoms with Gasteiger partial charge in [-0.1, -0.05) is 66.7 Å². The van der Waals surface area contributed by atoms with E-state index in [2.05, 4.69) is 124 Å². The maximum atomic E-state index is 6.35. The zero-order valence-electron chi connectivity index (χ0n) is 26.3. The van der Waals surface area contributed by atoms with E-state index in [4.69, 9.17) is 14.1 Å². The second-order valence-electron chi connectivity index (χ2n) is 12.2. The van der Waals surface area contributed by atoms with Crippen molar-refractivity contribution in [2.75, 3.05) is 9.80 Å². The number of aromatic nitrogens is 2. The predicted octanol–water partition coefficient (Wildman–Crippen LogP) is 8.76. The molecule has 4 heterocycles. The molecule has 2 aliphatic rings. The quantitative estimate of drug-likeness (QED) is 0.177. The minimum atomic E-state index is -0.104. The van der Waals surface area contributed by atoms with Crippen LogP contribution in [-0.2, 0) is 0 Å². The Morgan fingerprint density at radius 1 is 0.551 bits per heavy atom. The number of hydrogen-bond acceptors (Lipinski definition) is 6. The normalized spacial score (nSPS) is 12.8. The first-order chi connectivity index (χ1) is 24.3. The summed E-state index contributed by atoms with van der Waals surface area (Å²) in [7, 11) is 0. The van der Waals surface area contributed by atoms with Crippen molar-refractivity contribution in [3.8, 4) is 23.1 Å². The summed E-state index contributed by atoms with van der Waals surface area (Å²) in [4.78, 5) is 14.1. The number of para-hydroxylation sites is 4. The summed E-state index contributed by atoms with van der Waals surface area (Å²) in [6, 6.07) is 54.4. The maximum Gasteiger partial charge on any atom is 0.252 e. The molecular formula is C42H27BN4O2. The summed E-state index contributed by atoms with van der Waals surface area (Å²) in [5, 5.41) is 0. The molecular weight excluding hydrogens is 603 g/mol. The van der Waals surface area contributed by atoms with Crippen molar-refractivity contribution in [3.63, 3.8) is 0 Å². The first-order valence-corrected chi connectivity index (χ1v) is 16.4. The molecule has 0 saturated carbocycles. The van der Waals surface area contributed by atoms with E-state index >= 15 is 0 Å². The summed E-state index contributed by atoms with van der Waals surface area (Å²) in [5.41, 5.74) is 12.7. The van der Waals surface area contributed by atoms with E-state index in [-0.39, 0.29) is 6.71 Å². The highest BCUT2D eigenvalue weighted by Crippen LogP contribution is 2.44. The lowest BCUT2D eigenvalue weighted by atomic mass is 9.33. The zero-order valence-corrected chi connectivity index (χ0v) is 26.3. The fraction of sp³-hybridized carbons (Fsp3) is 0. The third-order valence-electron chi connectivity index (χ3n) is 9.39. The van der Waals surface area contributed by atoms with E-state index in [1.165, 1.54) is 5.46 Å². The molecule has 0 unspecified atom stereocenters. The van der Waals surface area contributed by atoms with Crippen LogP contribution in [0.25, 0.3) is 22.6 Å². The van der Waals surface area contributed by atoms with E-state index in [1.807, 2.05) is 48.5 Å². The highest BCUT2D eigenvalue weighted by molar-refractivity contribution is 7.00. The Morgan fingerprint density at radius 3 is 1.90 bits per heavy atom. The van der Waals surface area contributed by atoms with Crippen LogP contribution in [0.15, 0.2) is 168 Å². The average molecular weight is 631 g/mol. The summed E-state index contributed by atoms with van der Waals surface area (Å²) < 4.78 is 12.7. The molecule has 0 amide bonds. The molecule has 0 bridgehead atoms. The molecule has 0 spiro atoms. The van der Waals surface area contributed by atoms with Crippen LogP contribution in [0.1, 0.15) is 0 Å². The van der Waals surface area contributed by atoms with Crippen molar-refractivity contribution in [1.82, 2.24) is 9.97 Å². The molecule has 0 fully saturated rings. The summed E-state index contributed by atoms with van der Waals surface area (Å²) in [6.07, 6.45) is 1.75. The van der Waals surface area contributed by atoms with E-state index in [0.717, 1.165) is 67.5 Å². The van der Waals surface area contributed by atoms with Crippen LogP contribution in [0.2, 0.25) is 0 Å². The van der Waals surface area contributed by atoms with Gasteiger partial charge in [-0.3, -0.25) is 0 Å². The van der Waals surface area contributed by atoms with Gasteiger partial charge >= 0.3 is 0 Å². The molecule has 2 aromatic heterocycles. The van der Waals surface area contributed by atoms with Crippen LogP contribution >= 0.6 is 0 Å². The van der Waals surface area contributed by atoms with Crippen molar-refractivity contribution < 1.29 is 9.15 Å². The zero-order chi connectivity index (χ0) is 32.3. The van der Waals surface area contributed by atoms with Crippen molar-refractivity contribution >= 4 is 68.3 Å². The van der Waals surface area contributed by atoms with Gasteiger partial charge < -0.3 is 19.0 Å². The number of pyridine rings is 1. The van der Waals surface area contributed by atoms with Crippen LogP contribution < -0.4 is 30.9 Å². The summed E-state index contributed by atoms with van der Waals surface area (Å²) in [5.74, 6) is 1.88. The molecule has 2 aliphatic heterocycles. The van der Waals surface area contributed by atoms with Gasteiger partial charge in [-0.2, -0.15) is 0 Å². The highest BCUT2D eigenvalue weighted by atomic mass is 16.5. The molecule has 0 N–H and O–H groups in total. The van der Waals surface area contributed by atoms with Gasteiger partial charge in [-0.15, -0.1) is 0 Å². The topological polar surface area (TPSA) is 54.6 Å². The van der Waals surface area contributed by atoms with Crippen LogP contribution in [0, 0.1) is 0 Å². The van der Waals surface area contributed by atoms with E-state index in [1.54, 1.807) is 6.20 Å². The Bertz CT molecular complexity index is 2460. The minimum absolute atomic E-state index is 0.104. The molecule has 0 aliphatic carbocycles. The number of fused-ring (bicyclic) bond motifs is 5. The number of rotatable bonds is 5. The lowest BCUT2D eigenvalue weighted by Gasteiger charge is -2.44. The van der Waals surface area contributed by atoms with Crippen molar-refractivity contribution in [2.24, 2.45) is 0 Å². The molecule has 6 aromatic carbocycles. The third kappa shape index (κ3) is 4.43. The molecule has 8 aromatic rings. The lowest BCUT2D eigenvalue weighted by molar-refractivity contribution is 0.463. The SMILES string of the molecule is c1ccc(N2c3ccc(Oc4ccccn4)cc3B3c4cc(-c5nc6ccccc6o5)ccc4N(c4ccccc4)c4cccc2c43)cc1. The van der Waals surface area contributed by atoms with E-state index in [9.17, 15) is 0 Å². The summed E-state index contributed by atoms with van der Waals surface area (Å²) in [6.45, 7) is -0.104. The molecule has 0 atom stereocenters. The second-order valence-corrected chi connectivity index (χ2v) is 12.2. The van der Waals surface area contributed by atoms with Crippen LogP contribution in [0.3, 0.4) is 0 Å². The minimum Gasteiger partial charge on any atom is -0.439 e. The number of oxazole rings is 1. The fourth-order valence-corrected chi connectivity index (χ4v) is 7.35. The van der Waals surface area contributed by atoms with Gasteiger partial charge in [0, 0.05) is 52.0 Å². The van der Waals surface area contributed by atoms with Crippen molar-refractivity contribution in [1.29, 1.82) is 0 Å². The molecule has 10 rings (SSSR count).